The van der Waals surface area contributed by atoms with Crippen molar-refractivity contribution in [1.82, 2.24) is 19.7 Å². The Morgan fingerprint density at radius 3 is 2.34 bits per heavy atom. The van der Waals surface area contributed by atoms with Gasteiger partial charge in [0.25, 0.3) is 0 Å². The number of amides is 1. The molecule has 0 aliphatic carbocycles. The maximum atomic E-state index is 12.8. The van der Waals surface area contributed by atoms with Crippen LogP contribution in [0.15, 0.2) is 84.0 Å². The van der Waals surface area contributed by atoms with Gasteiger partial charge in [-0.15, -0.1) is 10.2 Å². The molecule has 0 atom stereocenters. The topological polar surface area (TPSA) is 54.3 Å². The van der Waals surface area contributed by atoms with E-state index in [0.29, 0.717) is 6.42 Å². The average molecular weight is 546 g/mol. The Morgan fingerprint density at radius 1 is 0.868 bits per heavy atom. The van der Waals surface area contributed by atoms with Gasteiger partial charge in [-0.3, -0.25) is 9.36 Å². The van der Waals surface area contributed by atoms with Crippen molar-refractivity contribution < 1.29 is 4.79 Å². The Morgan fingerprint density at radius 2 is 1.61 bits per heavy atom. The molecule has 1 saturated heterocycles. The Labute approximate surface area is 233 Å². The zero-order chi connectivity index (χ0) is 26.3. The number of nitrogens with zero attached hydrogens (tertiary/aromatic N) is 5. The molecular weight excluding hydrogens is 514 g/mol. The van der Waals surface area contributed by atoms with Crippen LogP contribution >= 0.6 is 23.4 Å². The van der Waals surface area contributed by atoms with E-state index >= 15 is 0 Å². The third-order valence-electron chi connectivity index (χ3n) is 6.78. The Kier molecular flexibility index (Phi) is 8.66. The normalized spacial score (nSPS) is 13.6. The molecule has 1 amide bonds. The lowest BCUT2D eigenvalue weighted by molar-refractivity contribution is -0.131. The number of anilines is 1. The van der Waals surface area contributed by atoms with Crippen molar-refractivity contribution in [3.63, 3.8) is 0 Å². The van der Waals surface area contributed by atoms with E-state index in [9.17, 15) is 4.79 Å². The van der Waals surface area contributed by atoms with Crippen molar-refractivity contribution in [2.45, 2.75) is 31.3 Å². The Hall–Kier alpha value is -3.29. The SMILES string of the molecule is Cc1ccc(-c2nnc(SCCCCC(=O)N3CCN(c4cccc(Cl)c4)CC3)n2-c2ccccc2)cc1. The number of carbonyl (C=O) groups is 1. The molecular formula is C30H32ClN5OS. The maximum absolute atomic E-state index is 12.8. The lowest BCUT2D eigenvalue weighted by Crippen LogP contribution is -2.48. The molecule has 0 spiro atoms. The molecule has 3 aromatic carbocycles. The first-order valence-corrected chi connectivity index (χ1v) is 14.4. The molecule has 0 unspecified atom stereocenters. The summed E-state index contributed by atoms with van der Waals surface area (Å²) in [6, 6.07) is 26.5. The summed E-state index contributed by atoms with van der Waals surface area (Å²) in [6.07, 6.45) is 2.39. The van der Waals surface area contributed by atoms with E-state index in [1.54, 1.807) is 11.8 Å². The largest absolute Gasteiger partial charge is 0.368 e. The van der Waals surface area contributed by atoms with Gasteiger partial charge in [-0.05, 0) is 50.1 Å². The highest BCUT2D eigenvalue weighted by atomic mass is 35.5. The molecule has 38 heavy (non-hydrogen) atoms. The first-order valence-electron chi connectivity index (χ1n) is 13.1. The van der Waals surface area contributed by atoms with Gasteiger partial charge in [-0.25, -0.2) is 0 Å². The molecule has 0 N–H and O–H groups in total. The van der Waals surface area contributed by atoms with Crippen LogP contribution in [0.3, 0.4) is 0 Å². The van der Waals surface area contributed by atoms with E-state index in [4.69, 9.17) is 11.6 Å². The number of benzene rings is 3. The van der Waals surface area contributed by atoms with E-state index in [0.717, 1.165) is 77.7 Å². The van der Waals surface area contributed by atoms with Crippen molar-refractivity contribution >= 4 is 35.0 Å². The number of hydrogen-bond donors (Lipinski definition) is 0. The average Bonchev–Trinajstić information content (AvgIpc) is 3.37. The minimum atomic E-state index is 0.245. The third kappa shape index (κ3) is 6.40. The highest BCUT2D eigenvalue weighted by molar-refractivity contribution is 7.99. The van der Waals surface area contributed by atoms with Gasteiger partial charge in [0, 0.05) is 60.3 Å². The van der Waals surface area contributed by atoms with E-state index in [1.165, 1.54) is 5.56 Å². The van der Waals surface area contributed by atoms with E-state index < -0.39 is 0 Å². The number of carbonyl (C=O) groups excluding carboxylic acids is 1. The van der Waals surface area contributed by atoms with Gasteiger partial charge in [0.15, 0.2) is 11.0 Å². The zero-order valence-corrected chi connectivity index (χ0v) is 23.2. The molecule has 1 aliphatic heterocycles. The molecule has 1 aromatic heterocycles. The molecule has 0 bridgehead atoms. The molecule has 2 heterocycles. The summed E-state index contributed by atoms with van der Waals surface area (Å²) >= 11 is 7.83. The third-order valence-corrected chi connectivity index (χ3v) is 8.03. The van der Waals surface area contributed by atoms with Crippen LogP contribution in [0.25, 0.3) is 17.1 Å². The second-order valence-corrected chi connectivity index (χ2v) is 11.0. The molecule has 8 heteroatoms. The second kappa shape index (κ2) is 12.5. The van der Waals surface area contributed by atoms with Crippen molar-refractivity contribution in [3.8, 4) is 17.1 Å². The lowest BCUT2D eigenvalue weighted by Gasteiger charge is -2.36. The summed E-state index contributed by atoms with van der Waals surface area (Å²) in [7, 11) is 0. The maximum Gasteiger partial charge on any atom is 0.222 e. The summed E-state index contributed by atoms with van der Waals surface area (Å²) in [5, 5.41) is 10.7. The molecule has 196 valence electrons. The summed E-state index contributed by atoms with van der Waals surface area (Å²) < 4.78 is 2.12. The second-order valence-electron chi connectivity index (χ2n) is 9.50. The van der Waals surface area contributed by atoms with Crippen LogP contribution in [0.2, 0.25) is 5.02 Å². The quantitative estimate of drug-likeness (QED) is 0.177. The number of thioether (sulfide) groups is 1. The van der Waals surface area contributed by atoms with Crippen molar-refractivity contribution in [1.29, 1.82) is 0 Å². The van der Waals surface area contributed by atoms with Crippen molar-refractivity contribution in [2.24, 2.45) is 0 Å². The number of unbranched alkanes of at least 4 members (excludes halogenated alkanes) is 1. The summed E-state index contributed by atoms with van der Waals surface area (Å²) in [5.41, 5.74) is 4.42. The Balaban J connectivity index is 1.12. The van der Waals surface area contributed by atoms with Gasteiger partial charge in [-0.1, -0.05) is 77.5 Å². The number of piperazine rings is 1. The first-order chi connectivity index (χ1) is 18.6. The molecule has 5 rings (SSSR count). The number of aromatic nitrogens is 3. The fraction of sp³-hybridized carbons (Fsp3) is 0.300. The predicted molar refractivity (Wildman–Crippen MR) is 156 cm³/mol. The van der Waals surface area contributed by atoms with Crippen molar-refractivity contribution in [3.05, 3.63) is 89.4 Å². The van der Waals surface area contributed by atoms with Gasteiger partial charge >= 0.3 is 0 Å². The lowest BCUT2D eigenvalue weighted by atomic mass is 10.1. The van der Waals surface area contributed by atoms with Crippen molar-refractivity contribution in [2.75, 3.05) is 36.8 Å². The van der Waals surface area contributed by atoms with Crippen LogP contribution in [-0.2, 0) is 4.79 Å². The van der Waals surface area contributed by atoms with E-state index in [-0.39, 0.29) is 5.91 Å². The molecule has 6 nitrogen and oxygen atoms in total. The fourth-order valence-corrected chi connectivity index (χ4v) is 5.78. The Bertz CT molecular complexity index is 1350. The smallest absolute Gasteiger partial charge is 0.222 e. The zero-order valence-electron chi connectivity index (χ0n) is 21.6. The highest BCUT2D eigenvalue weighted by Crippen LogP contribution is 2.29. The molecule has 0 saturated carbocycles. The van der Waals surface area contributed by atoms with Crippen LogP contribution < -0.4 is 4.90 Å². The van der Waals surface area contributed by atoms with Crippen LogP contribution in [0, 0.1) is 6.92 Å². The number of halogens is 1. The van der Waals surface area contributed by atoms with Crippen LogP contribution in [0.5, 0.6) is 0 Å². The summed E-state index contributed by atoms with van der Waals surface area (Å²) in [4.78, 5) is 17.1. The van der Waals surface area contributed by atoms with Crippen LogP contribution in [-0.4, -0.2) is 57.5 Å². The van der Waals surface area contributed by atoms with Crippen LogP contribution in [0.1, 0.15) is 24.8 Å². The monoisotopic (exact) mass is 545 g/mol. The molecule has 0 radical (unpaired) electrons. The van der Waals surface area contributed by atoms with Crippen LogP contribution in [0.4, 0.5) is 5.69 Å². The minimum absolute atomic E-state index is 0.245. The standard InChI is InChI=1S/C30H32ClN5OS/c1-23-13-15-24(16-14-23)29-32-33-30(36(29)26-9-3-2-4-10-26)38-21-6-5-12-28(37)35-19-17-34(18-20-35)27-11-7-8-25(31)22-27/h2-4,7-11,13-16,22H,5-6,12,17-21H2,1H3. The highest BCUT2D eigenvalue weighted by Gasteiger charge is 2.21. The number of aryl methyl sites for hydroxylation is 1. The first kappa shape index (κ1) is 26.3. The number of hydrogen-bond acceptors (Lipinski definition) is 5. The van der Waals surface area contributed by atoms with E-state index in [1.807, 2.05) is 41.3 Å². The number of rotatable bonds is 9. The number of para-hydroxylation sites is 1. The van der Waals surface area contributed by atoms with Gasteiger partial charge in [-0.2, -0.15) is 0 Å². The molecule has 1 fully saturated rings. The van der Waals surface area contributed by atoms with Gasteiger partial charge in [0.05, 0.1) is 0 Å². The van der Waals surface area contributed by atoms with E-state index in [2.05, 4.69) is 69.1 Å². The fourth-order valence-electron chi connectivity index (χ4n) is 4.65. The predicted octanol–water partition coefficient (Wildman–Crippen LogP) is 6.51. The molecule has 4 aromatic rings. The minimum Gasteiger partial charge on any atom is -0.368 e. The summed E-state index contributed by atoms with van der Waals surface area (Å²) in [5.74, 6) is 1.97. The van der Waals surface area contributed by atoms with Gasteiger partial charge in [0.2, 0.25) is 5.91 Å². The van der Waals surface area contributed by atoms with Gasteiger partial charge in [0.1, 0.15) is 0 Å². The van der Waals surface area contributed by atoms with Gasteiger partial charge < -0.3 is 9.80 Å². The molecule has 1 aliphatic rings. The summed E-state index contributed by atoms with van der Waals surface area (Å²) in [6.45, 7) is 5.25.